The van der Waals surface area contributed by atoms with Gasteiger partial charge >= 0.3 is 0 Å². The Kier molecular flexibility index (Phi) is 3.97. The first-order valence-electron chi connectivity index (χ1n) is 6.40. The van der Waals surface area contributed by atoms with Crippen molar-refractivity contribution >= 4 is 0 Å². The molecule has 2 N–H and O–H groups in total. The highest BCUT2D eigenvalue weighted by Crippen LogP contribution is 2.47. The van der Waals surface area contributed by atoms with Gasteiger partial charge in [0.15, 0.2) is 11.6 Å². The molecule has 0 radical (unpaired) electrons. The summed E-state index contributed by atoms with van der Waals surface area (Å²) >= 11 is 0. The number of aliphatic hydroxyl groups excluding tert-OH is 1. The molecule has 18 heavy (non-hydrogen) atoms. The first-order chi connectivity index (χ1) is 8.56. The van der Waals surface area contributed by atoms with Gasteiger partial charge in [0, 0.05) is 13.1 Å². The summed E-state index contributed by atoms with van der Waals surface area (Å²) in [4.78, 5) is 0. The summed E-state index contributed by atoms with van der Waals surface area (Å²) < 4.78 is 25.8. The van der Waals surface area contributed by atoms with Crippen LogP contribution in [0.2, 0.25) is 0 Å². The average molecular weight is 255 g/mol. The van der Waals surface area contributed by atoms with E-state index in [1.165, 1.54) is 18.9 Å². The van der Waals surface area contributed by atoms with Crippen molar-refractivity contribution in [2.75, 3.05) is 13.1 Å². The first kappa shape index (κ1) is 13.4. The van der Waals surface area contributed by atoms with Gasteiger partial charge in [-0.2, -0.15) is 0 Å². The molecule has 1 fully saturated rings. The highest BCUT2D eigenvalue weighted by molar-refractivity contribution is 5.20. The van der Waals surface area contributed by atoms with E-state index in [2.05, 4.69) is 12.2 Å². The Bertz CT molecular complexity index is 418. The van der Waals surface area contributed by atoms with Crippen molar-refractivity contribution in [1.82, 2.24) is 5.32 Å². The third-order valence-electron chi connectivity index (χ3n) is 3.87. The predicted octanol–water partition coefficient (Wildman–Crippen LogP) is 2.78. The van der Waals surface area contributed by atoms with Crippen molar-refractivity contribution in [1.29, 1.82) is 0 Å². The second-order valence-electron chi connectivity index (χ2n) is 5.17. The molecule has 0 aromatic heterocycles. The second kappa shape index (κ2) is 5.33. The zero-order chi connectivity index (χ0) is 13.2. The quantitative estimate of drug-likeness (QED) is 0.819. The molecular weight excluding hydrogens is 236 g/mol. The Morgan fingerprint density at radius 1 is 1.33 bits per heavy atom. The highest BCUT2D eigenvalue weighted by Gasteiger charge is 2.39. The molecule has 1 aromatic carbocycles. The first-order valence-corrected chi connectivity index (χ1v) is 6.40. The van der Waals surface area contributed by atoms with E-state index in [0.29, 0.717) is 17.5 Å². The van der Waals surface area contributed by atoms with E-state index in [0.717, 1.165) is 25.1 Å². The number of halogens is 2. The Labute approximate surface area is 106 Å². The molecule has 100 valence electrons. The minimum Gasteiger partial charge on any atom is -0.387 e. The smallest absolute Gasteiger partial charge is 0.159 e. The van der Waals surface area contributed by atoms with E-state index in [-0.39, 0.29) is 0 Å². The largest absolute Gasteiger partial charge is 0.387 e. The van der Waals surface area contributed by atoms with Gasteiger partial charge in [-0.15, -0.1) is 0 Å². The van der Waals surface area contributed by atoms with Crippen molar-refractivity contribution in [3.05, 3.63) is 35.4 Å². The molecule has 0 aliphatic heterocycles. The lowest BCUT2D eigenvalue weighted by Crippen LogP contribution is -2.28. The van der Waals surface area contributed by atoms with Crippen LogP contribution in [-0.4, -0.2) is 18.2 Å². The van der Waals surface area contributed by atoms with Gasteiger partial charge in [-0.05, 0) is 42.4 Å². The fourth-order valence-electron chi connectivity index (χ4n) is 2.14. The Balaban J connectivity index is 1.83. The summed E-state index contributed by atoms with van der Waals surface area (Å²) in [6, 6.07) is 3.51. The summed E-state index contributed by atoms with van der Waals surface area (Å²) in [5.41, 5.74) is 0.816. The van der Waals surface area contributed by atoms with Crippen LogP contribution in [0.15, 0.2) is 18.2 Å². The molecule has 0 spiro atoms. The topological polar surface area (TPSA) is 32.3 Å². The van der Waals surface area contributed by atoms with E-state index < -0.39 is 17.7 Å². The molecule has 0 amide bonds. The Morgan fingerprint density at radius 3 is 2.61 bits per heavy atom. The monoisotopic (exact) mass is 255 g/mol. The van der Waals surface area contributed by atoms with Gasteiger partial charge in [0.05, 0.1) is 6.10 Å². The Morgan fingerprint density at radius 2 is 2.06 bits per heavy atom. The molecular formula is C14H19F2NO. The molecule has 0 heterocycles. The van der Waals surface area contributed by atoms with Gasteiger partial charge in [0.2, 0.25) is 0 Å². The van der Waals surface area contributed by atoms with Crippen LogP contribution in [0, 0.1) is 17.0 Å². The molecule has 1 atom stereocenters. The summed E-state index contributed by atoms with van der Waals surface area (Å²) in [5, 5.41) is 13.1. The van der Waals surface area contributed by atoms with Crippen LogP contribution in [0.1, 0.15) is 37.9 Å². The van der Waals surface area contributed by atoms with Gasteiger partial charge in [0.1, 0.15) is 0 Å². The van der Waals surface area contributed by atoms with Crippen LogP contribution in [0.4, 0.5) is 8.78 Å². The second-order valence-corrected chi connectivity index (χ2v) is 5.17. The number of rotatable bonds is 6. The van der Waals surface area contributed by atoms with E-state index in [1.807, 2.05) is 0 Å². The number of benzene rings is 1. The van der Waals surface area contributed by atoms with Crippen molar-refractivity contribution in [3.8, 4) is 0 Å². The molecule has 2 nitrogen and oxygen atoms in total. The molecule has 1 aliphatic carbocycles. The third-order valence-corrected chi connectivity index (χ3v) is 3.87. The lowest BCUT2D eigenvalue weighted by Gasteiger charge is -2.16. The van der Waals surface area contributed by atoms with Crippen LogP contribution in [0.3, 0.4) is 0 Å². The van der Waals surface area contributed by atoms with E-state index in [1.54, 1.807) is 0 Å². The van der Waals surface area contributed by atoms with Crippen LogP contribution in [-0.2, 0) is 0 Å². The molecule has 1 unspecified atom stereocenters. The average Bonchev–Trinajstić information content (AvgIpc) is 3.13. The minimum atomic E-state index is -0.918. The van der Waals surface area contributed by atoms with Gasteiger partial charge in [0.25, 0.3) is 0 Å². The lowest BCUT2D eigenvalue weighted by atomic mass is 10.0. The molecule has 0 saturated heterocycles. The van der Waals surface area contributed by atoms with Gasteiger partial charge < -0.3 is 10.4 Å². The van der Waals surface area contributed by atoms with Crippen LogP contribution >= 0.6 is 0 Å². The van der Waals surface area contributed by atoms with Gasteiger partial charge in [-0.25, -0.2) is 8.78 Å². The van der Waals surface area contributed by atoms with Crippen molar-refractivity contribution in [3.63, 3.8) is 0 Å². The van der Waals surface area contributed by atoms with Crippen LogP contribution in [0.25, 0.3) is 0 Å². The highest BCUT2D eigenvalue weighted by atomic mass is 19.2. The van der Waals surface area contributed by atoms with E-state index >= 15 is 0 Å². The number of nitrogens with one attached hydrogen (secondary N) is 1. The van der Waals surface area contributed by atoms with E-state index in [9.17, 15) is 13.9 Å². The molecule has 1 aromatic rings. The van der Waals surface area contributed by atoms with Crippen LogP contribution < -0.4 is 5.32 Å². The maximum atomic E-state index is 13.0. The zero-order valence-electron chi connectivity index (χ0n) is 10.5. The van der Waals surface area contributed by atoms with Gasteiger partial charge in [-0.3, -0.25) is 0 Å². The fourth-order valence-corrected chi connectivity index (χ4v) is 2.14. The molecule has 2 rings (SSSR count). The summed E-state index contributed by atoms with van der Waals surface area (Å²) in [6.07, 6.45) is 2.81. The SMILES string of the molecule is CCC1(CNCC(O)c2ccc(F)c(F)c2)CC1. The standard InChI is InChI=1S/C14H19F2NO/c1-2-14(5-6-14)9-17-8-13(18)10-3-4-11(15)12(16)7-10/h3-4,7,13,17-18H,2,5-6,8-9H2,1H3. The fraction of sp³-hybridized carbons (Fsp3) is 0.571. The van der Waals surface area contributed by atoms with Gasteiger partial charge in [-0.1, -0.05) is 13.0 Å². The van der Waals surface area contributed by atoms with Crippen molar-refractivity contribution in [2.24, 2.45) is 5.41 Å². The summed E-state index contributed by atoms with van der Waals surface area (Å²) in [7, 11) is 0. The normalized spacial score (nSPS) is 18.7. The summed E-state index contributed by atoms with van der Waals surface area (Å²) in [5.74, 6) is -1.81. The number of hydrogen-bond acceptors (Lipinski definition) is 2. The summed E-state index contributed by atoms with van der Waals surface area (Å²) in [6.45, 7) is 3.41. The minimum absolute atomic E-state index is 0.368. The van der Waals surface area contributed by atoms with E-state index in [4.69, 9.17) is 0 Å². The van der Waals surface area contributed by atoms with Crippen LogP contribution in [0.5, 0.6) is 0 Å². The molecule has 1 saturated carbocycles. The molecule has 0 bridgehead atoms. The third kappa shape index (κ3) is 3.06. The number of hydrogen-bond donors (Lipinski definition) is 2. The van der Waals surface area contributed by atoms with Crippen molar-refractivity contribution in [2.45, 2.75) is 32.3 Å². The molecule has 4 heteroatoms. The Hall–Kier alpha value is -1.00. The maximum Gasteiger partial charge on any atom is 0.159 e. The number of aliphatic hydroxyl groups is 1. The van der Waals surface area contributed by atoms with Crippen molar-refractivity contribution < 1.29 is 13.9 Å². The molecule has 1 aliphatic rings. The lowest BCUT2D eigenvalue weighted by molar-refractivity contribution is 0.171. The maximum absolute atomic E-state index is 13.0. The predicted molar refractivity (Wildman–Crippen MR) is 66.1 cm³/mol. The zero-order valence-corrected chi connectivity index (χ0v) is 10.5.